The quantitative estimate of drug-likeness (QED) is 0.781. The molecule has 0 atom stereocenters. The molecule has 1 aromatic carbocycles. The molecule has 0 saturated heterocycles. The molecule has 0 saturated carbocycles. The SMILES string of the molecule is O=C(O)c1c(-c2ccc(F)cc2)nc2ccc(F)cn12. The number of carboxylic acids is 1. The number of nitrogens with zero attached hydrogens (tertiary/aromatic N) is 2. The van der Waals surface area contributed by atoms with Gasteiger partial charge < -0.3 is 5.11 Å². The number of carboxylic acid groups (broad SMARTS) is 1. The summed E-state index contributed by atoms with van der Waals surface area (Å²) < 4.78 is 27.3. The lowest BCUT2D eigenvalue weighted by molar-refractivity contribution is 0.0690. The molecule has 20 heavy (non-hydrogen) atoms. The van der Waals surface area contributed by atoms with Gasteiger partial charge in [0.2, 0.25) is 0 Å². The Morgan fingerprint density at radius 2 is 1.70 bits per heavy atom. The van der Waals surface area contributed by atoms with Crippen molar-refractivity contribution >= 4 is 11.6 Å². The molecule has 6 heteroatoms. The smallest absolute Gasteiger partial charge is 0.355 e. The summed E-state index contributed by atoms with van der Waals surface area (Å²) >= 11 is 0. The van der Waals surface area contributed by atoms with Crippen molar-refractivity contribution in [1.82, 2.24) is 9.38 Å². The summed E-state index contributed by atoms with van der Waals surface area (Å²) in [6.45, 7) is 0. The van der Waals surface area contributed by atoms with Crippen molar-refractivity contribution in [3.63, 3.8) is 0 Å². The van der Waals surface area contributed by atoms with Crippen LogP contribution in [0.1, 0.15) is 10.5 Å². The Hall–Kier alpha value is -2.76. The van der Waals surface area contributed by atoms with Crippen molar-refractivity contribution < 1.29 is 18.7 Å². The van der Waals surface area contributed by atoms with Crippen molar-refractivity contribution in [2.24, 2.45) is 0 Å². The third kappa shape index (κ3) is 1.91. The third-order valence-electron chi connectivity index (χ3n) is 2.90. The minimum Gasteiger partial charge on any atom is -0.476 e. The van der Waals surface area contributed by atoms with E-state index in [0.717, 1.165) is 10.6 Å². The van der Waals surface area contributed by atoms with Crippen LogP contribution in [0.3, 0.4) is 0 Å². The molecule has 0 fully saturated rings. The number of benzene rings is 1. The minimum absolute atomic E-state index is 0.161. The lowest BCUT2D eigenvalue weighted by atomic mass is 10.1. The molecule has 0 aliphatic carbocycles. The Balaban J connectivity index is 2.32. The molecule has 2 aromatic heterocycles. The second kappa shape index (κ2) is 4.41. The molecule has 3 rings (SSSR count). The third-order valence-corrected chi connectivity index (χ3v) is 2.90. The minimum atomic E-state index is -1.23. The first-order chi connectivity index (χ1) is 9.56. The van der Waals surface area contributed by atoms with Crippen molar-refractivity contribution in [2.75, 3.05) is 0 Å². The zero-order valence-corrected chi connectivity index (χ0v) is 10.0. The van der Waals surface area contributed by atoms with E-state index < -0.39 is 17.6 Å². The van der Waals surface area contributed by atoms with Crippen molar-refractivity contribution in [2.45, 2.75) is 0 Å². The molecule has 100 valence electrons. The number of fused-ring (bicyclic) bond motifs is 1. The maximum Gasteiger partial charge on any atom is 0.355 e. The molecule has 4 nitrogen and oxygen atoms in total. The average Bonchev–Trinajstić information content (AvgIpc) is 2.78. The topological polar surface area (TPSA) is 54.6 Å². The van der Waals surface area contributed by atoms with Gasteiger partial charge in [-0.1, -0.05) is 0 Å². The van der Waals surface area contributed by atoms with Crippen molar-refractivity contribution in [3.05, 3.63) is 59.9 Å². The Kier molecular flexibility index (Phi) is 2.71. The fraction of sp³-hybridized carbons (Fsp3) is 0. The highest BCUT2D eigenvalue weighted by molar-refractivity contribution is 5.94. The van der Waals surface area contributed by atoms with Crippen LogP contribution in [0.2, 0.25) is 0 Å². The lowest BCUT2D eigenvalue weighted by Crippen LogP contribution is -2.04. The summed E-state index contributed by atoms with van der Waals surface area (Å²) in [5.41, 5.74) is 0.769. The van der Waals surface area contributed by atoms with Gasteiger partial charge in [-0.25, -0.2) is 18.6 Å². The van der Waals surface area contributed by atoms with Crippen molar-refractivity contribution in [3.8, 4) is 11.3 Å². The zero-order chi connectivity index (χ0) is 14.3. The van der Waals surface area contributed by atoms with E-state index in [1.807, 2.05) is 0 Å². The highest BCUT2D eigenvalue weighted by atomic mass is 19.1. The summed E-state index contributed by atoms with van der Waals surface area (Å²) in [6.07, 6.45) is 1.05. The average molecular weight is 274 g/mol. The van der Waals surface area contributed by atoms with Gasteiger partial charge in [-0.2, -0.15) is 0 Å². The van der Waals surface area contributed by atoms with Crippen LogP contribution in [0, 0.1) is 11.6 Å². The van der Waals surface area contributed by atoms with Crippen molar-refractivity contribution in [1.29, 1.82) is 0 Å². The normalized spacial score (nSPS) is 10.9. The fourth-order valence-electron chi connectivity index (χ4n) is 2.03. The van der Waals surface area contributed by atoms with Crippen LogP contribution in [0.25, 0.3) is 16.9 Å². The zero-order valence-electron chi connectivity index (χ0n) is 10.0. The standard InChI is InChI=1S/C14H8F2N2O2/c15-9-3-1-8(2-4-9)12-13(14(19)20)18-7-10(16)5-6-11(18)17-12/h1-7H,(H,19,20). The van der Waals surface area contributed by atoms with Crippen LogP contribution < -0.4 is 0 Å². The van der Waals surface area contributed by atoms with Crippen LogP contribution in [-0.4, -0.2) is 20.5 Å². The van der Waals surface area contributed by atoms with E-state index in [4.69, 9.17) is 0 Å². The molecule has 0 aliphatic rings. The Bertz CT molecular complexity index is 810. The van der Waals surface area contributed by atoms with Crippen LogP contribution in [0.4, 0.5) is 8.78 Å². The van der Waals surface area contributed by atoms with Crippen LogP contribution in [0.15, 0.2) is 42.6 Å². The van der Waals surface area contributed by atoms with E-state index in [0.29, 0.717) is 11.2 Å². The number of halogens is 2. The highest BCUT2D eigenvalue weighted by Crippen LogP contribution is 2.25. The number of aromatic carboxylic acids is 1. The Morgan fingerprint density at radius 3 is 2.35 bits per heavy atom. The number of pyridine rings is 1. The van der Waals surface area contributed by atoms with Gasteiger partial charge in [0.15, 0.2) is 5.69 Å². The summed E-state index contributed by atoms with van der Waals surface area (Å²) in [6, 6.07) is 7.87. The molecule has 0 amide bonds. The first-order valence-corrected chi connectivity index (χ1v) is 5.73. The van der Waals surface area contributed by atoms with E-state index in [1.165, 1.54) is 36.4 Å². The van der Waals surface area contributed by atoms with Crippen LogP contribution in [0.5, 0.6) is 0 Å². The maximum absolute atomic E-state index is 13.3. The molecular formula is C14H8F2N2O2. The van der Waals surface area contributed by atoms with E-state index in [-0.39, 0.29) is 11.4 Å². The largest absolute Gasteiger partial charge is 0.476 e. The van der Waals surface area contributed by atoms with Gasteiger partial charge in [-0.05, 0) is 36.4 Å². The maximum atomic E-state index is 13.3. The molecule has 0 radical (unpaired) electrons. The van der Waals surface area contributed by atoms with E-state index >= 15 is 0 Å². The van der Waals surface area contributed by atoms with Gasteiger partial charge in [0.1, 0.15) is 23.0 Å². The molecule has 0 bridgehead atoms. The second-order valence-corrected chi connectivity index (χ2v) is 4.20. The van der Waals surface area contributed by atoms with Gasteiger partial charge in [0.05, 0.1) is 0 Å². The number of rotatable bonds is 2. The van der Waals surface area contributed by atoms with Gasteiger partial charge in [-0.15, -0.1) is 0 Å². The lowest BCUT2D eigenvalue weighted by Gasteiger charge is -2.00. The summed E-state index contributed by atoms with van der Waals surface area (Å²) in [5.74, 6) is -2.23. The monoisotopic (exact) mass is 274 g/mol. The number of aromatic nitrogens is 2. The molecule has 0 aliphatic heterocycles. The van der Waals surface area contributed by atoms with E-state index in [9.17, 15) is 18.7 Å². The fourth-order valence-corrected chi connectivity index (χ4v) is 2.03. The number of carbonyl (C=O) groups is 1. The molecule has 1 N–H and O–H groups in total. The van der Waals surface area contributed by atoms with Crippen LogP contribution >= 0.6 is 0 Å². The molecule has 2 heterocycles. The molecular weight excluding hydrogens is 266 g/mol. The number of imidazole rings is 1. The summed E-state index contributed by atoms with van der Waals surface area (Å²) in [4.78, 5) is 15.6. The molecule has 3 aromatic rings. The highest BCUT2D eigenvalue weighted by Gasteiger charge is 2.20. The predicted octanol–water partition coefficient (Wildman–Crippen LogP) is 2.98. The first-order valence-electron chi connectivity index (χ1n) is 5.73. The second-order valence-electron chi connectivity index (χ2n) is 4.20. The summed E-state index contributed by atoms with van der Waals surface area (Å²) in [5, 5.41) is 9.30. The van der Waals surface area contributed by atoms with Gasteiger partial charge >= 0.3 is 5.97 Å². The molecule has 0 unspecified atom stereocenters. The van der Waals surface area contributed by atoms with E-state index in [1.54, 1.807) is 0 Å². The van der Waals surface area contributed by atoms with Gasteiger partial charge in [-0.3, -0.25) is 4.40 Å². The Labute approximate surface area is 111 Å². The summed E-state index contributed by atoms with van der Waals surface area (Å²) in [7, 11) is 0. The number of hydrogen-bond acceptors (Lipinski definition) is 2. The van der Waals surface area contributed by atoms with E-state index in [2.05, 4.69) is 4.98 Å². The van der Waals surface area contributed by atoms with Gasteiger partial charge in [0, 0.05) is 11.8 Å². The predicted molar refractivity (Wildman–Crippen MR) is 67.5 cm³/mol. The Morgan fingerprint density at radius 1 is 1.05 bits per heavy atom. The first kappa shape index (κ1) is 12.3. The molecule has 0 spiro atoms. The van der Waals surface area contributed by atoms with Crippen LogP contribution in [-0.2, 0) is 0 Å². The van der Waals surface area contributed by atoms with Gasteiger partial charge in [0.25, 0.3) is 0 Å². The number of hydrogen-bond donors (Lipinski definition) is 1.